The molecule has 0 saturated heterocycles. The van der Waals surface area contributed by atoms with E-state index in [0.29, 0.717) is 23.4 Å². The maximum atomic E-state index is 12.1. The molecule has 0 saturated carbocycles. The molecular weight excluding hydrogens is 382 g/mol. The highest BCUT2D eigenvalue weighted by molar-refractivity contribution is 7.92. The van der Waals surface area contributed by atoms with Crippen LogP contribution in [-0.2, 0) is 26.1 Å². The van der Waals surface area contributed by atoms with Crippen molar-refractivity contribution in [1.82, 2.24) is 0 Å². The number of Topliss-reactive ketones (excluding diaryl/α,β-unsaturated/α-hetero) is 1. The van der Waals surface area contributed by atoms with Crippen molar-refractivity contribution in [3.8, 4) is 0 Å². The van der Waals surface area contributed by atoms with Crippen LogP contribution in [0, 0.1) is 0 Å². The van der Waals surface area contributed by atoms with E-state index in [1.54, 1.807) is 24.3 Å². The topological polar surface area (TPSA) is 98.8 Å². The number of nitrogens with one attached hydrogen (secondary N) is 1. The highest BCUT2D eigenvalue weighted by Gasteiger charge is 2.12. The zero-order chi connectivity index (χ0) is 20.7. The largest absolute Gasteiger partial charge is 0.454 e. The monoisotopic (exact) mass is 405 g/mol. The number of hydrogen-bond donors (Lipinski definition) is 1. The maximum absolute atomic E-state index is 12.1. The molecule has 0 bridgehead atoms. The molecule has 0 unspecified atom stereocenters. The summed E-state index contributed by atoms with van der Waals surface area (Å²) in [6, 6.07) is 12.7. The van der Waals surface area contributed by atoms with Gasteiger partial charge in [-0.1, -0.05) is 12.1 Å². The number of ketones is 1. The molecule has 0 atom stereocenters. The van der Waals surface area contributed by atoms with Crippen molar-refractivity contribution in [2.24, 2.45) is 0 Å². The first-order valence-corrected chi connectivity index (χ1v) is 10.5. The van der Waals surface area contributed by atoms with Crippen LogP contribution in [0.15, 0.2) is 48.5 Å². The van der Waals surface area contributed by atoms with Crippen LogP contribution in [0.5, 0.6) is 0 Å². The lowest BCUT2D eigenvalue weighted by atomic mass is 10.1. The summed E-state index contributed by atoms with van der Waals surface area (Å²) in [4.78, 5) is 24.2. The van der Waals surface area contributed by atoms with E-state index in [0.717, 1.165) is 11.8 Å². The van der Waals surface area contributed by atoms with Crippen molar-refractivity contribution in [3.63, 3.8) is 0 Å². The first kappa shape index (κ1) is 21.6. The molecule has 28 heavy (non-hydrogen) atoms. The van der Waals surface area contributed by atoms with Crippen LogP contribution in [0.2, 0.25) is 0 Å². The zero-order valence-electron chi connectivity index (χ0n) is 16.0. The van der Waals surface area contributed by atoms with Gasteiger partial charge in [0.15, 0.2) is 12.4 Å². The van der Waals surface area contributed by atoms with E-state index in [1.807, 2.05) is 13.8 Å². The third-order valence-corrected chi connectivity index (χ3v) is 4.22. The number of sulfonamides is 1. The Balaban J connectivity index is 1.88. The Hall–Kier alpha value is -2.71. The maximum Gasteiger partial charge on any atom is 0.338 e. The molecule has 8 heteroatoms. The molecule has 0 aromatic heterocycles. The van der Waals surface area contributed by atoms with Crippen molar-refractivity contribution in [2.45, 2.75) is 26.6 Å². The smallest absolute Gasteiger partial charge is 0.338 e. The molecule has 7 nitrogen and oxygen atoms in total. The lowest BCUT2D eigenvalue weighted by molar-refractivity contribution is 0.0474. The molecule has 0 heterocycles. The predicted octanol–water partition coefficient (Wildman–Crippen LogP) is 3.02. The van der Waals surface area contributed by atoms with Gasteiger partial charge in [-0.05, 0) is 55.8 Å². The summed E-state index contributed by atoms with van der Waals surface area (Å²) in [5.41, 5.74) is 1.93. The minimum absolute atomic E-state index is 0.117. The number of benzene rings is 2. The molecule has 2 rings (SSSR count). The van der Waals surface area contributed by atoms with Crippen molar-refractivity contribution >= 4 is 27.5 Å². The normalized spacial score (nSPS) is 11.3. The second kappa shape index (κ2) is 9.48. The number of rotatable bonds is 9. The van der Waals surface area contributed by atoms with Gasteiger partial charge in [0.2, 0.25) is 10.0 Å². The summed E-state index contributed by atoms with van der Waals surface area (Å²) >= 11 is 0. The Morgan fingerprint density at radius 2 is 1.54 bits per heavy atom. The Labute approximate surface area is 164 Å². The second-order valence-electron chi connectivity index (χ2n) is 6.51. The number of ether oxygens (including phenoxy) is 2. The molecule has 1 N–H and O–H groups in total. The van der Waals surface area contributed by atoms with Gasteiger partial charge in [0.1, 0.15) is 0 Å². The van der Waals surface area contributed by atoms with Gasteiger partial charge in [-0.2, -0.15) is 0 Å². The molecule has 0 aliphatic carbocycles. The highest BCUT2D eigenvalue weighted by atomic mass is 32.2. The van der Waals surface area contributed by atoms with Gasteiger partial charge < -0.3 is 9.47 Å². The lowest BCUT2D eigenvalue weighted by Gasteiger charge is -2.08. The molecule has 0 amide bonds. The van der Waals surface area contributed by atoms with E-state index in [-0.39, 0.29) is 11.9 Å². The van der Waals surface area contributed by atoms with E-state index in [4.69, 9.17) is 9.47 Å². The number of hydrogen-bond acceptors (Lipinski definition) is 6. The highest BCUT2D eigenvalue weighted by Crippen LogP contribution is 2.12. The van der Waals surface area contributed by atoms with E-state index in [9.17, 15) is 18.0 Å². The van der Waals surface area contributed by atoms with Gasteiger partial charge >= 0.3 is 5.97 Å². The third-order valence-electron chi connectivity index (χ3n) is 3.62. The average molecular weight is 405 g/mol. The van der Waals surface area contributed by atoms with E-state index in [2.05, 4.69) is 4.72 Å². The molecule has 0 aliphatic rings. The Bertz CT molecular complexity index is 918. The number of carbonyl (C=O) groups is 2. The molecule has 2 aromatic rings. The van der Waals surface area contributed by atoms with Crippen molar-refractivity contribution < 1.29 is 27.5 Å². The third kappa shape index (κ3) is 7.13. The van der Waals surface area contributed by atoms with Crippen LogP contribution in [-0.4, -0.2) is 39.1 Å². The summed E-state index contributed by atoms with van der Waals surface area (Å²) in [5, 5.41) is 0. The van der Waals surface area contributed by atoms with E-state index in [1.165, 1.54) is 24.3 Å². The number of esters is 1. The molecule has 150 valence electrons. The van der Waals surface area contributed by atoms with Crippen LogP contribution in [0.25, 0.3) is 0 Å². The molecular formula is C20H23NO6S. The van der Waals surface area contributed by atoms with Crippen LogP contribution in [0.3, 0.4) is 0 Å². The fourth-order valence-corrected chi connectivity index (χ4v) is 2.80. The quantitative estimate of drug-likeness (QED) is 0.509. The first-order valence-electron chi connectivity index (χ1n) is 8.63. The summed E-state index contributed by atoms with van der Waals surface area (Å²) < 4.78 is 35.2. The van der Waals surface area contributed by atoms with Crippen LogP contribution in [0.4, 0.5) is 5.69 Å². The molecule has 0 spiro atoms. The van der Waals surface area contributed by atoms with Crippen molar-refractivity contribution in [3.05, 3.63) is 65.2 Å². The summed E-state index contributed by atoms with van der Waals surface area (Å²) in [5.74, 6) is -0.985. The Morgan fingerprint density at radius 3 is 2.07 bits per heavy atom. The Morgan fingerprint density at radius 1 is 0.964 bits per heavy atom. The average Bonchev–Trinajstić information content (AvgIpc) is 2.64. The van der Waals surface area contributed by atoms with E-state index < -0.39 is 22.6 Å². The first-order chi connectivity index (χ1) is 13.1. The fourth-order valence-electron chi connectivity index (χ4n) is 2.24. The van der Waals surface area contributed by atoms with Crippen LogP contribution in [0.1, 0.15) is 40.1 Å². The summed E-state index contributed by atoms with van der Waals surface area (Å²) in [6.07, 6.45) is 1.15. The van der Waals surface area contributed by atoms with Gasteiger partial charge in [0, 0.05) is 11.3 Å². The van der Waals surface area contributed by atoms with Gasteiger partial charge in [-0.25, -0.2) is 13.2 Å². The van der Waals surface area contributed by atoms with Gasteiger partial charge in [0.25, 0.3) is 0 Å². The molecule has 0 aliphatic heterocycles. The van der Waals surface area contributed by atoms with E-state index >= 15 is 0 Å². The number of anilines is 1. The summed E-state index contributed by atoms with van der Waals surface area (Å²) in [6.45, 7) is 3.93. The molecule has 2 aromatic carbocycles. The lowest BCUT2D eigenvalue weighted by Crippen LogP contribution is -2.14. The summed E-state index contributed by atoms with van der Waals surface area (Å²) in [7, 11) is -3.39. The standard InChI is InChI=1S/C20H23NO6S/c1-14(2)26-12-15-4-6-17(7-5-15)20(23)27-13-19(22)16-8-10-18(11-9-16)21-28(3,24)25/h4-11,14,21H,12-13H2,1-3H3. The van der Waals surface area contributed by atoms with Crippen molar-refractivity contribution in [1.29, 1.82) is 0 Å². The predicted molar refractivity (Wildman–Crippen MR) is 106 cm³/mol. The van der Waals surface area contributed by atoms with Crippen LogP contribution >= 0.6 is 0 Å². The van der Waals surface area contributed by atoms with Gasteiger partial charge in [-0.15, -0.1) is 0 Å². The van der Waals surface area contributed by atoms with Gasteiger partial charge in [-0.3, -0.25) is 9.52 Å². The van der Waals surface area contributed by atoms with Gasteiger partial charge in [0.05, 0.1) is 24.5 Å². The SMILES string of the molecule is CC(C)OCc1ccc(C(=O)OCC(=O)c2ccc(NS(C)(=O)=O)cc2)cc1. The second-order valence-corrected chi connectivity index (χ2v) is 8.26. The minimum Gasteiger partial charge on any atom is -0.454 e. The fraction of sp³-hybridized carbons (Fsp3) is 0.300. The van der Waals surface area contributed by atoms with Crippen molar-refractivity contribution in [2.75, 3.05) is 17.6 Å². The molecule has 0 fully saturated rings. The zero-order valence-corrected chi connectivity index (χ0v) is 16.8. The number of carbonyl (C=O) groups excluding carboxylic acids is 2. The Kier molecular flexibility index (Phi) is 7.31. The molecule has 0 radical (unpaired) electrons. The van der Waals surface area contributed by atoms with Crippen LogP contribution < -0.4 is 4.72 Å². The minimum atomic E-state index is -3.39.